The molecule has 2 aromatic carbocycles. The number of nitrogens with one attached hydrogen (secondary N) is 10. The van der Waals surface area contributed by atoms with Crippen molar-refractivity contribution in [2.75, 3.05) is 0 Å². The maximum atomic E-state index is 13.2. The van der Waals surface area contributed by atoms with Gasteiger partial charge in [-0.05, 0) is 79.4 Å². The Kier molecular flexibility index (Phi) is 22.5. The van der Waals surface area contributed by atoms with Crippen LogP contribution in [0.15, 0.2) is 60.7 Å². The molecule has 3 rings (SSSR count). The summed E-state index contributed by atoms with van der Waals surface area (Å²) in [6, 6.07) is 8.99. The third kappa shape index (κ3) is 19.1. The maximum Gasteiger partial charge on any atom is 0.414 e. The second-order valence-electron chi connectivity index (χ2n) is 16.8. The van der Waals surface area contributed by atoms with Crippen LogP contribution in [0.2, 0.25) is 0 Å². The summed E-state index contributed by atoms with van der Waals surface area (Å²) in [5.41, 5.74) is 1.44. The molecule has 0 radical (unpaired) electrons. The minimum atomic E-state index is -1.15. The van der Waals surface area contributed by atoms with Crippen molar-refractivity contribution in [3.8, 4) is 0 Å². The van der Waals surface area contributed by atoms with E-state index < -0.39 is 108 Å². The van der Waals surface area contributed by atoms with E-state index in [1.165, 1.54) is 41.5 Å². The highest BCUT2D eigenvalue weighted by atomic mass is 16.6. The van der Waals surface area contributed by atoms with E-state index in [9.17, 15) is 47.9 Å². The predicted molar refractivity (Wildman–Crippen MR) is 246 cm³/mol. The monoisotopic (exact) mass is 950 g/mol. The first-order valence-corrected chi connectivity index (χ1v) is 22.5. The molecule has 1 saturated carbocycles. The number of carbonyl (C=O) groups is 10. The zero-order chi connectivity index (χ0) is 50.5. The number of amides is 10. The van der Waals surface area contributed by atoms with Gasteiger partial charge in [0.15, 0.2) is 0 Å². The fourth-order valence-corrected chi connectivity index (χ4v) is 6.68. The van der Waals surface area contributed by atoms with Gasteiger partial charge in [0.05, 0.1) is 12.1 Å². The minimum Gasteiger partial charge on any atom is -0.444 e. The molecule has 2 aromatic rings. The summed E-state index contributed by atoms with van der Waals surface area (Å²) in [6.45, 7) is 11.5. The van der Waals surface area contributed by atoms with Gasteiger partial charge in [0, 0.05) is 12.1 Å². The summed E-state index contributed by atoms with van der Waals surface area (Å²) in [5, 5.41) is 25.8. The molecule has 68 heavy (non-hydrogen) atoms. The number of alkyl carbamates (subject to hydrolysis) is 2. The molecule has 1 aliphatic carbocycles. The van der Waals surface area contributed by atoms with Gasteiger partial charge in [-0.2, -0.15) is 0 Å². The first kappa shape index (κ1) is 55.4. The number of hydrogen-bond acceptors (Lipinski definition) is 14. The summed E-state index contributed by atoms with van der Waals surface area (Å²) in [4.78, 5) is 127. The number of rotatable bonds is 22. The standard InChI is InChI=1S/C46H66N10O12/c1-25(37(57)49-27(3)39(59)51-29(5)41(61)53-31(7)43(63)55-45(65)67-23-33-17-11-9-12-18-33)47-35-21-15-16-22-36(35)48-26(2)38(58)50-28(4)40(60)52-30(6)42(62)54-32(8)44(64)56-46(66)68-24-34-19-13-10-14-20-34/h9-14,17-20,25-32,35-36,47-48H,15-16,21-24H2,1-8H3,(H,49,57)(H,50,58)(H,51,59)(H,52,60)(H,53,61)(H,54,62)(H,55,63,65)(H,56,64,66)/t25-,26-,27+,28+,29-,30-,31+,32+,35+,36+/m0/s1. The second-order valence-corrected chi connectivity index (χ2v) is 16.8. The number of benzene rings is 2. The minimum absolute atomic E-state index is 0.0594. The average molecular weight is 951 g/mol. The molecule has 0 saturated heterocycles. The van der Waals surface area contributed by atoms with E-state index >= 15 is 0 Å². The highest BCUT2D eigenvalue weighted by Crippen LogP contribution is 2.20. The van der Waals surface area contributed by atoms with Crippen molar-refractivity contribution in [2.45, 2.75) is 155 Å². The smallest absolute Gasteiger partial charge is 0.414 e. The van der Waals surface area contributed by atoms with E-state index in [0.29, 0.717) is 12.8 Å². The van der Waals surface area contributed by atoms with Crippen LogP contribution < -0.4 is 53.2 Å². The molecule has 372 valence electrons. The summed E-state index contributed by atoms with van der Waals surface area (Å²) < 4.78 is 10.1. The van der Waals surface area contributed by atoms with Crippen molar-refractivity contribution < 1.29 is 57.4 Å². The SMILES string of the molecule is C[C@H](NC(=O)[C@@H](C)NC(=O)[C@H](C)N[C@@H]1CCCC[C@H]1N[C@@H](C)C(=O)N[C@H](C)C(=O)N[C@@H](C)C(=O)N[C@H](C)C(=O)NC(=O)OCc1ccccc1)C(=O)N[C@H](C)C(=O)NC(=O)OCc1ccccc1. The molecule has 0 aliphatic heterocycles. The lowest BCUT2D eigenvalue weighted by atomic mass is 9.89. The number of carbonyl (C=O) groups excluding carboxylic acids is 10. The molecule has 0 spiro atoms. The van der Waals surface area contributed by atoms with Crippen LogP contribution in [0.4, 0.5) is 9.59 Å². The summed E-state index contributed by atoms with van der Waals surface area (Å²) in [7, 11) is 0. The molecule has 0 unspecified atom stereocenters. The van der Waals surface area contributed by atoms with Gasteiger partial charge in [-0.3, -0.25) is 49.0 Å². The Morgan fingerprint density at radius 3 is 0.926 bits per heavy atom. The van der Waals surface area contributed by atoms with E-state index in [0.717, 1.165) is 24.0 Å². The Hall–Kier alpha value is -6.94. The molecular weight excluding hydrogens is 885 g/mol. The van der Waals surface area contributed by atoms with E-state index in [2.05, 4.69) is 42.5 Å². The van der Waals surface area contributed by atoms with E-state index in [-0.39, 0.29) is 25.3 Å². The molecule has 10 N–H and O–H groups in total. The molecule has 10 atom stereocenters. The van der Waals surface area contributed by atoms with Crippen LogP contribution in [0, 0.1) is 0 Å². The molecule has 22 nitrogen and oxygen atoms in total. The average Bonchev–Trinajstić information content (AvgIpc) is 3.30. The van der Waals surface area contributed by atoms with Crippen LogP contribution in [0.25, 0.3) is 0 Å². The van der Waals surface area contributed by atoms with Gasteiger partial charge in [0.1, 0.15) is 49.5 Å². The lowest BCUT2D eigenvalue weighted by Gasteiger charge is -2.36. The fourth-order valence-electron chi connectivity index (χ4n) is 6.68. The van der Waals surface area contributed by atoms with Crippen molar-refractivity contribution in [3.05, 3.63) is 71.8 Å². The Bertz CT molecular complexity index is 1930. The van der Waals surface area contributed by atoms with Gasteiger partial charge in [-0.25, -0.2) is 9.59 Å². The number of hydrogen-bond donors (Lipinski definition) is 10. The zero-order valence-corrected chi connectivity index (χ0v) is 39.7. The molecule has 1 aliphatic rings. The maximum absolute atomic E-state index is 13.2. The van der Waals surface area contributed by atoms with E-state index in [4.69, 9.17) is 9.47 Å². The highest BCUT2D eigenvalue weighted by molar-refractivity contribution is 5.99. The van der Waals surface area contributed by atoms with Crippen molar-refractivity contribution in [1.82, 2.24) is 53.2 Å². The molecule has 22 heteroatoms. The van der Waals surface area contributed by atoms with Gasteiger partial charge in [-0.15, -0.1) is 0 Å². The van der Waals surface area contributed by atoms with Crippen molar-refractivity contribution >= 4 is 59.4 Å². The van der Waals surface area contributed by atoms with Gasteiger partial charge in [0.2, 0.25) is 35.4 Å². The summed E-state index contributed by atoms with van der Waals surface area (Å²) >= 11 is 0. The van der Waals surface area contributed by atoms with Crippen LogP contribution in [0.3, 0.4) is 0 Å². The number of imide groups is 2. The van der Waals surface area contributed by atoms with E-state index in [1.54, 1.807) is 74.5 Å². The second kappa shape index (κ2) is 27.6. The summed E-state index contributed by atoms with van der Waals surface area (Å²) in [5.74, 6) is -5.40. The number of ether oxygens (including phenoxy) is 2. The van der Waals surface area contributed by atoms with Crippen molar-refractivity contribution in [3.63, 3.8) is 0 Å². The first-order chi connectivity index (χ1) is 32.1. The highest BCUT2D eigenvalue weighted by Gasteiger charge is 2.32. The predicted octanol–water partition coefficient (Wildman–Crippen LogP) is 0.188. The van der Waals surface area contributed by atoms with Gasteiger partial charge in [-0.1, -0.05) is 73.5 Å². The molecule has 0 bridgehead atoms. The van der Waals surface area contributed by atoms with Crippen LogP contribution in [0.5, 0.6) is 0 Å². The first-order valence-electron chi connectivity index (χ1n) is 22.5. The summed E-state index contributed by atoms with van der Waals surface area (Å²) in [6.07, 6.45) is 1.08. The third-order valence-corrected chi connectivity index (χ3v) is 10.9. The third-order valence-electron chi connectivity index (χ3n) is 10.9. The molecular formula is C46H66N10O12. The lowest BCUT2D eigenvalue weighted by molar-refractivity contribution is -0.133. The zero-order valence-electron chi connectivity index (χ0n) is 39.7. The Labute approximate surface area is 395 Å². The van der Waals surface area contributed by atoms with Crippen LogP contribution in [-0.2, 0) is 61.0 Å². The Morgan fingerprint density at radius 1 is 0.397 bits per heavy atom. The van der Waals surface area contributed by atoms with Crippen molar-refractivity contribution in [2.24, 2.45) is 0 Å². The van der Waals surface area contributed by atoms with Gasteiger partial charge in [0.25, 0.3) is 11.8 Å². The molecule has 0 heterocycles. The topological polar surface area (TPSA) is 309 Å². The molecule has 1 fully saturated rings. The van der Waals surface area contributed by atoms with Gasteiger partial charge < -0.3 is 52.0 Å². The lowest BCUT2D eigenvalue weighted by Crippen LogP contribution is -2.61. The quantitative estimate of drug-likeness (QED) is 0.0754. The van der Waals surface area contributed by atoms with E-state index in [1.807, 2.05) is 10.6 Å². The Morgan fingerprint density at radius 2 is 0.647 bits per heavy atom. The van der Waals surface area contributed by atoms with Crippen LogP contribution in [0.1, 0.15) is 92.2 Å². The Balaban J connectivity index is 1.38. The van der Waals surface area contributed by atoms with Crippen LogP contribution in [-0.4, -0.2) is 120 Å². The normalized spacial score (nSPS) is 17.8. The molecule has 0 aromatic heterocycles. The fraction of sp³-hybridized carbons (Fsp3) is 0.522. The van der Waals surface area contributed by atoms with Crippen LogP contribution >= 0.6 is 0 Å². The van der Waals surface area contributed by atoms with Gasteiger partial charge >= 0.3 is 12.2 Å². The molecule has 10 amide bonds. The largest absolute Gasteiger partial charge is 0.444 e. The van der Waals surface area contributed by atoms with Crippen molar-refractivity contribution in [1.29, 1.82) is 0 Å².